The smallest absolute Gasteiger partial charge is 0.264 e. The monoisotopic (exact) mass is 579 g/mol. The second-order valence-electron chi connectivity index (χ2n) is 10.2. The number of sulfonamides is 1. The minimum Gasteiger partial charge on any atom is -0.493 e. The maximum atomic E-state index is 14.0. The van der Waals surface area contributed by atoms with Gasteiger partial charge in [-0.1, -0.05) is 0 Å². The highest BCUT2D eigenvalue weighted by molar-refractivity contribution is 7.92. The van der Waals surface area contributed by atoms with Gasteiger partial charge < -0.3 is 15.0 Å². The van der Waals surface area contributed by atoms with Crippen molar-refractivity contribution in [2.75, 3.05) is 36.8 Å². The Balaban J connectivity index is 1.22. The summed E-state index contributed by atoms with van der Waals surface area (Å²) < 4.78 is 60.6. The van der Waals surface area contributed by atoms with E-state index in [0.29, 0.717) is 23.5 Å². The number of anilines is 3. The Morgan fingerprint density at radius 3 is 2.39 bits per heavy atom. The minimum absolute atomic E-state index is 0.219. The van der Waals surface area contributed by atoms with Gasteiger partial charge in [0.15, 0.2) is 0 Å². The zero-order chi connectivity index (χ0) is 29.0. The van der Waals surface area contributed by atoms with Gasteiger partial charge in [-0.05, 0) is 106 Å². The van der Waals surface area contributed by atoms with Crippen molar-refractivity contribution in [2.45, 2.75) is 24.7 Å². The van der Waals surface area contributed by atoms with Crippen molar-refractivity contribution in [3.63, 3.8) is 0 Å². The number of likely N-dealkylation sites (tertiary alicyclic amines) is 1. The standard InChI is InChI=1S/C30H31F2N5O3S/c1-20-15-22(3-9-28(20)40-18-21-11-13-37(2)14-12-21)27-17-30(34-19-33-27)35-24-5-7-25(8-6-24)36-41(38,39)29-10-4-23(31)16-26(29)32/h3-10,15-17,19,21,36H,11-14,18H2,1-2H3,(H,33,34,35). The molecule has 0 amide bonds. The minimum atomic E-state index is -4.23. The summed E-state index contributed by atoms with van der Waals surface area (Å²) in [6, 6.07) is 16.5. The van der Waals surface area contributed by atoms with Crippen molar-refractivity contribution in [3.05, 3.63) is 90.3 Å². The van der Waals surface area contributed by atoms with E-state index >= 15 is 0 Å². The topological polar surface area (TPSA) is 96.5 Å². The van der Waals surface area contributed by atoms with Crippen LogP contribution in [0.15, 0.2) is 78.0 Å². The number of aryl methyl sites for hydroxylation is 1. The molecule has 8 nitrogen and oxygen atoms in total. The molecule has 0 aliphatic carbocycles. The molecule has 0 unspecified atom stereocenters. The first-order valence-corrected chi connectivity index (χ1v) is 14.7. The Bertz CT molecular complexity index is 1630. The predicted molar refractivity (Wildman–Crippen MR) is 155 cm³/mol. The van der Waals surface area contributed by atoms with E-state index in [0.717, 1.165) is 67.2 Å². The van der Waals surface area contributed by atoms with Gasteiger partial charge in [-0.15, -0.1) is 0 Å². The van der Waals surface area contributed by atoms with Crippen LogP contribution in [0.4, 0.5) is 26.0 Å². The maximum absolute atomic E-state index is 14.0. The predicted octanol–water partition coefficient (Wildman–Crippen LogP) is 6.00. The van der Waals surface area contributed by atoms with Crippen LogP contribution in [-0.4, -0.2) is 50.0 Å². The molecule has 0 saturated carbocycles. The summed E-state index contributed by atoms with van der Waals surface area (Å²) in [5.41, 5.74) is 3.56. The molecule has 1 aromatic heterocycles. The first kappa shape index (κ1) is 28.4. The molecule has 1 fully saturated rings. The molecule has 1 saturated heterocycles. The van der Waals surface area contributed by atoms with Crippen LogP contribution in [0.2, 0.25) is 0 Å². The van der Waals surface area contributed by atoms with E-state index in [9.17, 15) is 17.2 Å². The number of piperidine rings is 1. The van der Waals surface area contributed by atoms with Gasteiger partial charge in [-0.25, -0.2) is 27.2 Å². The third kappa shape index (κ3) is 7.17. The number of aromatic nitrogens is 2. The second kappa shape index (κ2) is 12.2. The van der Waals surface area contributed by atoms with Gasteiger partial charge in [0, 0.05) is 29.1 Å². The summed E-state index contributed by atoms with van der Waals surface area (Å²) in [5, 5.41) is 3.18. The van der Waals surface area contributed by atoms with Crippen LogP contribution in [0.25, 0.3) is 11.3 Å². The molecule has 11 heteroatoms. The van der Waals surface area contributed by atoms with Gasteiger partial charge in [-0.3, -0.25) is 4.72 Å². The second-order valence-corrected chi connectivity index (χ2v) is 11.9. The van der Waals surface area contributed by atoms with Crippen LogP contribution >= 0.6 is 0 Å². The van der Waals surface area contributed by atoms with E-state index in [-0.39, 0.29) is 5.69 Å². The molecule has 5 rings (SSSR count). The van der Waals surface area contributed by atoms with Crippen molar-refractivity contribution in [3.8, 4) is 17.0 Å². The van der Waals surface area contributed by atoms with Crippen molar-refractivity contribution in [2.24, 2.45) is 5.92 Å². The number of nitrogens with zero attached hydrogens (tertiary/aromatic N) is 3. The molecule has 4 aromatic rings. The molecule has 0 atom stereocenters. The molecule has 0 radical (unpaired) electrons. The van der Waals surface area contributed by atoms with E-state index in [1.54, 1.807) is 12.1 Å². The summed E-state index contributed by atoms with van der Waals surface area (Å²) >= 11 is 0. The first-order valence-electron chi connectivity index (χ1n) is 13.3. The molecule has 0 bridgehead atoms. The number of ether oxygens (including phenoxy) is 1. The molecule has 214 valence electrons. The fourth-order valence-corrected chi connectivity index (χ4v) is 5.78. The van der Waals surface area contributed by atoms with Gasteiger partial charge in [0.2, 0.25) is 0 Å². The molecule has 1 aliphatic heterocycles. The zero-order valence-electron chi connectivity index (χ0n) is 22.8. The molecule has 2 heterocycles. The Morgan fingerprint density at radius 2 is 1.68 bits per heavy atom. The number of benzene rings is 3. The third-order valence-corrected chi connectivity index (χ3v) is 8.46. The Labute approximate surface area is 238 Å². The van der Waals surface area contributed by atoms with Gasteiger partial charge in [0.05, 0.1) is 12.3 Å². The first-order chi connectivity index (χ1) is 19.7. The number of hydrogen-bond donors (Lipinski definition) is 2. The maximum Gasteiger partial charge on any atom is 0.264 e. The number of halogens is 2. The van der Waals surface area contributed by atoms with Crippen molar-refractivity contribution >= 4 is 27.2 Å². The number of rotatable bonds is 9. The highest BCUT2D eigenvalue weighted by atomic mass is 32.2. The summed E-state index contributed by atoms with van der Waals surface area (Å²) in [6.45, 7) is 4.96. The largest absolute Gasteiger partial charge is 0.493 e. The van der Waals surface area contributed by atoms with Gasteiger partial charge in [0.1, 0.15) is 34.4 Å². The Hall–Kier alpha value is -4.09. The lowest BCUT2D eigenvalue weighted by Gasteiger charge is -2.28. The molecular weight excluding hydrogens is 548 g/mol. The molecule has 41 heavy (non-hydrogen) atoms. The molecule has 1 aliphatic rings. The lowest BCUT2D eigenvalue weighted by atomic mass is 9.98. The van der Waals surface area contributed by atoms with Crippen molar-refractivity contribution in [1.82, 2.24) is 14.9 Å². The third-order valence-electron chi connectivity index (χ3n) is 7.04. The Kier molecular flexibility index (Phi) is 8.46. The lowest BCUT2D eigenvalue weighted by molar-refractivity contribution is 0.159. The summed E-state index contributed by atoms with van der Waals surface area (Å²) in [6.07, 6.45) is 3.77. The van der Waals surface area contributed by atoms with Gasteiger partial charge >= 0.3 is 0 Å². The summed E-state index contributed by atoms with van der Waals surface area (Å²) in [4.78, 5) is 10.4. The normalized spacial score (nSPS) is 14.5. The fraction of sp³-hybridized carbons (Fsp3) is 0.267. The van der Waals surface area contributed by atoms with E-state index in [1.165, 1.54) is 18.5 Å². The average Bonchev–Trinajstić information content (AvgIpc) is 2.94. The molecule has 0 spiro atoms. The van der Waals surface area contributed by atoms with Crippen LogP contribution in [0.3, 0.4) is 0 Å². The lowest BCUT2D eigenvalue weighted by Crippen LogP contribution is -2.32. The summed E-state index contributed by atoms with van der Waals surface area (Å²) in [7, 11) is -2.08. The fourth-order valence-electron chi connectivity index (χ4n) is 4.66. The van der Waals surface area contributed by atoms with Crippen molar-refractivity contribution < 1.29 is 21.9 Å². The molecular formula is C30H31F2N5O3S. The van der Waals surface area contributed by atoms with Crippen LogP contribution in [0.1, 0.15) is 18.4 Å². The van der Waals surface area contributed by atoms with E-state index < -0.39 is 26.6 Å². The molecule has 3 aromatic carbocycles. The number of hydrogen-bond acceptors (Lipinski definition) is 7. The van der Waals surface area contributed by atoms with Gasteiger partial charge in [-0.2, -0.15) is 0 Å². The van der Waals surface area contributed by atoms with Crippen LogP contribution < -0.4 is 14.8 Å². The van der Waals surface area contributed by atoms with Crippen LogP contribution in [-0.2, 0) is 10.0 Å². The highest BCUT2D eigenvalue weighted by Crippen LogP contribution is 2.28. The van der Waals surface area contributed by atoms with E-state index in [1.807, 2.05) is 31.2 Å². The Morgan fingerprint density at radius 1 is 0.951 bits per heavy atom. The van der Waals surface area contributed by atoms with Crippen LogP contribution in [0, 0.1) is 24.5 Å². The molecule has 2 N–H and O–H groups in total. The number of nitrogens with one attached hydrogen (secondary N) is 2. The highest BCUT2D eigenvalue weighted by Gasteiger charge is 2.20. The average molecular weight is 580 g/mol. The van der Waals surface area contributed by atoms with E-state index in [4.69, 9.17) is 4.74 Å². The zero-order valence-corrected chi connectivity index (χ0v) is 23.6. The van der Waals surface area contributed by atoms with Crippen molar-refractivity contribution in [1.29, 1.82) is 0 Å². The van der Waals surface area contributed by atoms with Gasteiger partial charge in [0.25, 0.3) is 10.0 Å². The van der Waals surface area contributed by atoms with Crippen LogP contribution in [0.5, 0.6) is 5.75 Å². The SMILES string of the molecule is Cc1cc(-c2cc(Nc3ccc(NS(=O)(=O)c4ccc(F)cc4F)cc3)ncn2)ccc1OCC1CCN(C)CC1. The van der Waals surface area contributed by atoms with E-state index in [2.05, 4.69) is 32.0 Å². The quantitative estimate of drug-likeness (QED) is 0.251. The summed E-state index contributed by atoms with van der Waals surface area (Å²) in [5.74, 6) is -0.0209.